The molecule has 3 aromatic carbocycles. The standard InChI is InChI=1S/C27H24N2O3S/c1-3-20-9-7-8-12-25(20)29(19(2)30)27-28-23(18-33-27)17-32-24-15-13-22(14-16-24)26(31)21-10-5-4-6-11-21/h4-16,18H,3,17H2,1-2H3. The van der Waals surface area contributed by atoms with Crippen molar-refractivity contribution in [3.8, 4) is 5.75 Å². The molecule has 1 aromatic heterocycles. The van der Waals surface area contributed by atoms with Crippen molar-refractivity contribution in [2.45, 2.75) is 26.9 Å². The molecule has 6 heteroatoms. The van der Waals surface area contributed by atoms with Crippen molar-refractivity contribution in [2.75, 3.05) is 4.90 Å². The minimum atomic E-state index is -0.0867. The van der Waals surface area contributed by atoms with Gasteiger partial charge in [-0.05, 0) is 42.3 Å². The second-order valence-electron chi connectivity index (χ2n) is 7.47. The summed E-state index contributed by atoms with van der Waals surface area (Å²) in [6.07, 6.45) is 0.823. The quantitative estimate of drug-likeness (QED) is 0.296. The van der Waals surface area contributed by atoms with Crippen LogP contribution in [0, 0.1) is 0 Å². The number of aryl methyl sites for hydroxylation is 1. The van der Waals surface area contributed by atoms with E-state index in [9.17, 15) is 9.59 Å². The van der Waals surface area contributed by atoms with Crippen molar-refractivity contribution >= 4 is 33.8 Å². The van der Waals surface area contributed by atoms with E-state index < -0.39 is 0 Å². The molecule has 5 nitrogen and oxygen atoms in total. The normalized spacial score (nSPS) is 10.6. The molecule has 0 spiro atoms. The Kier molecular flexibility index (Phi) is 6.95. The van der Waals surface area contributed by atoms with E-state index in [0.717, 1.165) is 23.4 Å². The second kappa shape index (κ2) is 10.2. The van der Waals surface area contributed by atoms with E-state index in [1.54, 1.807) is 48.2 Å². The Hall–Kier alpha value is -3.77. The number of anilines is 2. The first-order valence-electron chi connectivity index (χ1n) is 10.7. The van der Waals surface area contributed by atoms with Gasteiger partial charge in [0.25, 0.3) is 0 Å². The average molecular weight is 457 g/mol. The number of amides is 1. The minimum absolute atomic E-state index is 0.0250. The van der Waals surface area contributed by atoms with Crippen LogP contribution in [0.4, 0.5) is 10.8 Å². The number of ketones is 1. The van der Waals surface area contributed by atoms with Crippen LogP contribution in [0.25, 0.3) is 0 Å². The fourth-order valence-corrected chi connectivity index (χ4v) is 4.38. The van der Waals surface area contributed by atoms with Crippen LogP contribution in [0.3, 0.4) is 0 Å². The summed E-state index contributed by atoms with van der Waals surface area (Å²) in [5.41, 5.74) is 3.94. The van der Waals surface area contributed by atoms with Gasteiger partial charge in [0.1, 0.15) is 12.4 Å². The highest BCUT2D eigenvalue weighted by Crippen LogP contribution is 2.32. The van der Waals surface area contributed by atoms with E-state index in [1.165, 1.54) is 11.3 Å². The minimum Gasteiger partial charge on any atom is -0.487 e. The number of carbonyl (C=O) groups excluding carboxylic acids is 2. The van der Waals surface area contributed by atoms with E-state index in [0.29, 0.717) is 22.0 Å². The predicted octanol–water partition coefficient (Wildman–Crippen LogP) is 6.20. The Morgan fingerprint density at radius 1 is 0.909 bits per heavy atom. The molecule has 0 N–H and O–H groups in total. The molecule has 4 rings (SSSR count). The summed E-state index contributed by atoms with van der Waals surface area (Å²) in [6, 6.07) is 24.1. The third-order valence-corrected chi connectivity index (χ3v) is 6.07. The van der Waals surface area contributed by atoms with Crippen LogP contribution in [0.5, 0.6) is 5.75 Å². The van der Waals surface area contributed by atoms with Gasteiger partial charge in [-0.15, -0.1) is 11.3 Å². The molecule has 0 bridgehead atoms. The largest absolute Gasteiger partial charge is 0.487 e. The van der Waals surface area contributed by atoms with Gasteiger partial charge in [0.2, 0.25) is 5.91 Å². The Morgan fingerprint density at radius 2 is 1.58 bits per heavy atom. The molecule has 0 fully saturated rings. The lowest BCUT2D eigenvalue weighted by Crippen LogP contribution is -2.23. The SMILES string of the molecule is CCc1ccccc1N(C(C)=O)c1nc(COc2ccc(C(=O)c3ccccc3)cc2)cs1. The second-order valence-corrected chi connectivity index (χ2v) is 8.30. The number of aromatic nitrogens is 1. The first-order chi connectivity index (χ1) is 16.1. The molecular weight excluding hydrogens is 432 g/mol. The number of para-hydroxylation sites is 1. The molecular formula is C27H24N2O3S. The van der Waals surface area contributed by atoms with Gasteiger partial charge in [-0.1, -0.05) is 55.5 Å². The van der Waals surface area contributed by atoms with Crippen molar-refractivity contribution in [3.63, 3.8) is 0 Å². The number of ether oxygens (including phenoxy) is 1. The van der Waals surface area contributed by atoms with E-state index in [-0.39, 0.29) is 18.3 Å². The summed E-state index contributed by atoms with van der Waals surface area (Å²) in [6.45, 7) is 3.88. The lowest BCUT2D eigenvalue weighted by Gasteiger charge is -2.20. The summed E-state index contributed by atoms with van der Waals surface area (Å²) in [4.78, 5) is 31.2. The van der Waals surface area contributed by atoms with Gasteiger partial charge in [0.05, 0.1) is 11.4 Å². The highest BCUT2D eigenvalue weighted by atomic mass is 32.1. The highest BCUT2D eigenvalue weighted by Gasteiger charge is 2.20. The summed E-state index contributed by atoms with van der Waals surface area (Å²) < 4.78 is 5.87. The van der Waals surface area contributed by atoms with Crippen LogP contribution >= 0.6 is 11.3 Å². The van der Waals surface area contributed by atoms with Crippen molar-refractivity contribution in [2.24, 2.45) is 0 Å². The Balaban J connectivity index is 1.44. The van der Waals surface area contributed by atoms with E-state index >= 15 is 0 Å². The van der Waals surface area contributed by atoms with E-state index in [2.05, 4.69) is 11.9 Å². The smallest absolute Gasteiger partial charge is 0.230 e. The van der Waals surface area contributed by atoms with Gasteiger partial charge >= 0.3 is 0 Å². The number of nitrogens with zero attached hydrogens (tertiary/aromatic N) is 2. The average Bonchev–Trinajstić information content (AvgIpc) is 3.32. The van der Waals surface area contributed by atoms with Crippen LogP contribution in [0.2, 0.25) is 0 Å². The van der Waals surface area contributed by atoms with Gasteiger partial charge in [-0.2, -0.15) is 0 Å². The number of hydrogen-bond acceptors (Lipinski definition) is 5. The summed E-state index contributed by atoms with van der Waals surface area (Å²) >= 11 is 1.41. The Bertz CT molecular complexity index is 1250. The van der Waals surface area contributed by atoms with Gasteiger partial charge in [0.15, 0.2) is 10.9 Å². The molecule has 0 aliphatic heterocycles. The molecule has 0 atom stereocenters. The maximum absolute atomic E-state index is 12.5. The molecule has 4 aromatic rings. The molecule has 0 saturated carbocycles. The van der Waals surface area contributed by atoms with Crippen molar-refractivity contribution in [3.05, 3.63) is 107 Å². The molecule has 0 unspecified atom stereocenters. The molecule has 33 heavy (non-hydrogen) atoms. The zero-order chi connectivity index (χ0) is 23.2. The first-order valence-corrected chi connectivity index (χ1v) is 11.6. The molecule has 0 saturated heterocycles. The maximum Gasteiger partial charge on any atom is 0.230 e. The van der Waals surface area contributed by atoms with Crippen LogP contribution in [-0.4, -0.2) is 16.7 Å². The van der Waals surface area contributed by atoms with Crippen LogP contribution in [0.1, 0.15) is 41.0 Å². The number of thiazole rings is 1. The summed E-state index contributed by atoms with van der Waals surface area (Å²) in [5.74, 6) is 0.535. The fourth-order valence-electron chi connectivity index (χ4n) is 3.52. The molecule has 1 amide bonds. The third kappa shape index (κ3) is 5.18. The fraction of sp³-hybridized carbons (Fsp3) is 0.148. The van der Waals surface area contributed by atoms with Crippen molar-refractivity contribution < 1.29 is 14.3 Å². The topological polar surface area (TPSA) is 59.5 Å². The third-order valence-electron chi connectivity index (χ3n) is 5.20. The summed E-state index contributed by atoms with van der Waals surface area (Å²) in [7, 11) is 0. The van der Waals surface area contributed by atoms with Gasteiger partial charge in [0, 0.05) is 23.4 Å². The zero-order valence-corrected chi connectivity index (χ0v) is 19.3. The lowest BCUT2D eigenvalue weighted by molar-refractivity contribution is -0.115. The van der Waals surface area contributed by atoms with Crippen molar-refractivity contribution in [1.29, 1.82) is 0 Å². The number of carbonyl (C=O) groups is 2. The number of hydrogen-bond donors (Lipinski definition) is 0. The van der Waals surface area contributed by atoms with Crippen LogP contribution in [-0.2, 0) is 17.8 Å². The number of benzene rings is 3. The Morgan fingerprint density at radius 3 is 2.27 bits per heavy atom. The monoisotopic (exact) mass is 456 g/mol. The molecule has 0 aliphatic carbocycles. The first kappa shape index (κ1) is 22.4. The summed E-state index contributed by atoms with van der Waals surface area (Å²) in [5, 5.41) is 2.51. The predicted molar refractivity (Wildman–Crippen MR) is 131 cm³/mol. The molecule has 166 valence electrons. The number of rotatable bonds is 8. The lowest BCUT2D eigenvalue weighted by atomic mass is 10.0. The van der Waals surface area contributed by atoms with Crippen LogP contribution in [0.15, 0.2) is 84.2 Å². The van der Waals surface area contributed by atoms with Crippen molar-refractivity contribution in [1.82, 2.24) is 4.98 Å². The van der Waals surface area contributed by atoms with E-state index in [1.807, 2.05) is 47.8 Å². The molecule has 0 aliphatic rings. The van der Waals surface area contributed by atoms with E-state index in [4.69, 9.17) is 4.74 Å². The van der Waals surface area contributed by atoms with Gasteiger partial charge in [-0.3, -0.25) is 14.5 Å². The zero-order valence-electron chi connectivity index (χ0n) is 18.5. The molecule has 1 heterocycles. The van der Waals surface area contributed by atoms with Gasteiger partial charge < -0.3 is 4.74 Å². The molecule has 0 radical (unpaired) electrons. The maximum atomic E-state index is 12.5. The van der Waals surface area contributed by atoms with Gasteiger partial charge in [-0.25, -0.2) is 4.98 Å². The highest BCUT2D eigenvalue weighted by molar-refractivity contribution is 7.14. The van der Waals surface area contributed by atoms with Crippen LogP contribution < -0.4 is 9.64 Å². The Labute approximate surface area is 197 Å².